The third-order valence-electron chi connectivity index (χ3n) is 7.68. The van der Waals surface area contributed by atoms with E-state index < -0.39 is 5.60 Å². The van der Waals surface area contributed by atoms with Crippen LogP contribution in [-0.4, -0.2) is 94.9 Å². The summed E-state index contributed by atoms with van der Waals surface area (Å²) in [4.78, 5) is 36.9. The number of nitrogens with one attached hydrogen (secondary N) is 3. The second-order valence-corrected chi connectivity index (χ2v) is 10.6. The van der Waals surface area contributed by atoms with Gasteiger partial charge in [0.15, 0.2) is 5.60 Å². The van der Waals surface area contributed by atoms with Crippen LogP contribution < -0.4 is 20.1 Å². The van der Waals surface area contributed by atoms with Gasteiger partial charge in [-0.25, -0.2) is 4.98 Å². The van der Waals surface area contributed by atoms with E-state index in [2.05, 4.69) is 22.2 Å². The Bertz CT molecular complexity index is 1550. The Balaban J connectivity index is 1.21. The number of carbonyl (C=O) groups is 2. The number of carbonyl (C=O) groups excluding carboxylic acids is 2. The Morgan fingerprint density at radius 3 is 2.37 bits per heavy atom. The Kier molecular flexibility index (Phi) is 8.58. The van der Waals surface area contributed by atoms with Crippen LogP contribution in [0.25, 0.3) is 16.6 Å². The van der Waals surface area contributed by atoms with Crippen LogP contribution in [-0.2, 0) is 9.59 Å². The fraction of sp³-hybridized carbons (Fsp3) is 0.323. The monoisotopic (exact) mass is 585 g/mol. The van der Waals surface area contributed by atoms with Crippen LogP contribution in [0, 0.1) is 5.41 Å². The number of fused-ring (bicyclic) bond motifs is 1. The van der Waals surface area contributed by atoms with Crippen molar-refractivity contribution in [2.75, 3.05) is 45.7 Å². The minimum Gasteiger partial charge on any atom is -0.497 e. The zero-order valence-corrected chi connectivity index (χ0v) is 24.2. The molecule has 224 valence electrons. The first-order chi connectivity index (χ1) is 20.7. The lowest BCUT2D eigenvalue weighted by Gasteiger charge is -2.47. The molecular formula is C31H35N7O5. The minimum absolute atomic E-state index is 0.0135. The van der Waals surface area contributed by atoms with Crippen molar-refractivity contribution in [3.05, 3.63) is 67.1 Å². The van der Waals surface area contributed by atoms with Crippen molar-refractivity contribution in [3.63, 3.8) is 0 Å². The molecule has 0 bridgehead atoms. The Morgan fingerprint density at radius 2 is 1.74 bits per heavy atom. The van der Waals surface area contributed by atoms with Crippen molar-refractivity contribution in [2.45, 2.75) is 24.5 Å². The molecule has 2 aliphatic rings. The van der Waals surface area contributed by atoms with Crippen molar-refractivity contribution in [2.24, 2.45) is 0 Å². The first-order valence-corrected chi connectivity index (χ1v) is 13.9. The maximum Gasteiger partial charge on any atom is 0.258 e. The zero-order chi connectivity index (χ0) is 30.6. The molecule has 1 aromatic heterocycles. The molecule has 2 saturated heterocycles. The smallest absolute Gasteiger partial charge is 0.258 e. The highest BCUT2D eigenvalue weighted by Gasteiger charge is 2.51. The topological polar surface area (TPSA) is 153 Å². The number of nitrogens with zero attached hydrogens (tertiary/aromatic N) is 4. The first-order valence-electron chi connectivity index (χ1n) is 13.9. The predicted molar refractivity (Wildman–Crippen MR) is 164 cm³/mol. The molecule has 2 fully saturated rings. The maximum atomic E-state index is 12.9. The van der Waals surface area contributed by atoms with Gasteiger partial charge in [0, 0.05) is 66.7 Å². The van der Waals surface area contributed by atoms with E-state index in [9.17, 15) is 14.7 Å². The van der Waals surface area contributed by atoms with E-state index in [1.807, 2.05) is 30.3 Å². The van der Waals surface area contributed by atoms with Gasteiger partial charge in [-0.3, -0.25) is 14.6 Å². The Morgan fingerprint density at radius 1 is 1.05 bits per heavy atom. The summed E-state index contributed by atoms with van der Waals surface area (Å²) >= 11 is 0. The summed E-state index contributed by atoms with van der Waals surface area (Å²) in [6.07, 6.45) is 7.15. The van der Waals surface area contributed by atoms with Crippen LogP contribution in [0.4, 0.5) is 11.4 Å². The number of hydrogen-bond donors (Lipinski definition) is 4. The molecule has 12 nitrogen and oxygen atoms in total. The highest BCUT2D eigenvalue weighted by Crippen LogP contribution is 2.29. The van der Waals surface area contributed by atoms with Gasteiger partial charge in [-0.1, -0.05) is 6.58 Å². The van der Waals surface area contributed by atoms with Gasteiger partial charge in [0.1, 0.15) is 11.5 Å². The van der Waals surface area contributed by atoms with Gasteiger partial charge in [0.25, 0.3) is 5.91 Å². The number of anilines is 2. The van der Waals surface area contributed by atoms with E-state index in [4.69, 9.17) is 19.9 Å². The molecule has 5 rings (SSSR count). The molecular weight excluding hydrogens is 550 g/mol. The van der Waals surface area contributed by atoms with Crippen LogP contribution in [0.1, 0.15) is 18.5 Å². The van der Waals surface area contributed by atoms with E-state index in [1.165, 1.54) is 17.2 Å². The van der Waals surface area contributed by atoms with Crippen LogP contribution >= 0.6 is 0 Å². The molecule has 2 aromatic carbocycles. The summed E-state index contributed by atoms with van der Waals surface area (Å²) < 4.78 is 10.7. The van der Waals surface area contributed by atoms with E-state index in [0.29, 0.717) is 54.2 Å². The van der Waals surface area contributed by atoms with Gasteiger partial charge in [0.2, 0.25) is 5.91 Å². The number of benzene rings is 2. The number of allylic oxidation sites excluding steroid dienone is 1. The highest BCUT2D eigenvalue weighted by molar-refractivity contribution is 6.07. The van der Waals surface area contributed by atoms with Crippen molar-refractivity contribution < 1.29 is 24.2 Å². The van der Waals surface area contributed by atoms with E-state index in [1.54, 1.807) is 37.6 Å². The van der Waals surface area contributed by atoms with Gasteiger partial charge in [-0.15, -0.1) is 0 Å². The summed E-state index contributed by atoms with van der Waals surface area (Å²) in [7, 11) is 3.20. The molecule has 4 N–H and O–H groups in total. The van der Waals surface area contributed by atoms with Gasteiger partial charge in [-0.05, 0) is 37.1 Å². The van der Waals surface area contributed by atoms with E-state index >= 15 is 0 Å². The largest absolute Gasteiger partial charge is 0.497 e. The summed E-state index contributed by atoms with van der Waals surface area (Å²) in [6, 6.07) is 11.3. The van der Waals surface area contributed by atoms with Crippen molar-refractivity contribution in [3.8, 4) is 11.5 Å². The number of ether oxygens (including phenoxy) is 2. The quantitative estimate of drug-likeness (QED) is 0.208. The summed E-state index contributed by atoms with van der Waals surface area (Å²) in [5.74, 6) is 0.690. The van der Waals surface area contributed by atoms with Gasteiger partial charge in [-0.2, -0.15) is 0 Å². The summed E-state index contributed by atoms with van der Waals surface area (Å²) in [5.41, 5.74) is 2.57. The molecule has 0 unspecified atom stereocenters. The SMILES string of the molecule is C=CC(=O)N1CC(O)(C(=O)N2CCC(N/C=C(\C=N)c3cnc4ccc(Nc5cc(OC)cc(OC)c5)cc4n3)CC2)C1. The van der Waals surface area contributed by atoms with E-state index in [-0.39, 0.29) is 30.9 Å². The van der Waals surface area contributed by atoms with Crippen molar-refractivity contribution in [1.29, 1.82) is 5.41 Å². The predicted octanol–water partition coefficient (Wildman–Crippen LogP) is 2.72. The third kappa shape index (κ3) is 6.44. The molecule has 12 heteroatoms. The summed E-state index contributed by atoms with van der Waals surface area (Å²) in [6.45, 7) is 4.37. The molecule has 2 aliphatic heterocycles. The first kappa shape index (κ1) is 29.5. The molecule has 3 heterocycles. The molecule has 0 spiro atoms. The van der Waals surface area contributed by atoms with Gasteiger partial charge >= 0.3 is 0 Å². The lowest BCUT2D eigenvalue weighted by Crippen LogP contribution is -2.70. The Hall–Kier alpha value is -4.97. The second kappa shape index (κ2) is 12.5. The van der Waals surface area contributed by atoms with Crippen LogP contribution in [0.3, 0.4) is 0 Å². The minimum atomic E-state index is -1.53. The number of rotatable bonds is 10. The number of aromatic nitrogens is 2. The summed E-state index contributed by atoms with van der Waals surface area (Å²) in [5, 5.41) is 25.4. The molecule has 3 aromatic rings. The van der Waals surface area contributed by atoms with Crippen LogP contribution in [0.15, 0.2) is 61.4 Å². The number of hydrogen-bond acceptors (Lipinski definition) is 10. The van der Waals surface area contributed by atoms with Crippen LogP contribution in [0.2, 0.25) is 0 Å². The molecule has 2 amide bonds. The number of methoxy groups -OCH3 is 2. The lowest BCUT2D eigenvalue weighted by atomic mass is 9.91. The van der Waals surface area contributed by atoms with Crippen molar-refractivity contribution >= 4 is 46.0 Å². The second-order valence-electron chi connectivity index (χ2n) is 10.6. The lowest BCUT2D eigenvalue weighted by molar-refractivity contribution is -0.175. The number of aliphatic hydroxyl groups is 1. The molecule has 0 atom stereocenters. The fourth-order valence-corrected chi connectivity index (χ4v) is 5.22. The highest BCUT2D eigenvalue weighted by atomic mass is 16.5. The number of likely N-dealkylation sites (tertiary alicyclic amines) is 2. The standard InChI is InChI=1S/C31H35N7O5/c1-4-29(39)38-18-31(41,19-38)30(40)37-9-7-21(8-10-37)33-16-20(15-32)28-17-34-26-6-5-22(13-27(26)36-28)35-23-11-24(42-2)14-25(12-23)43-3/h4-6,11-17,21,32-33,35,41H,1,7-10,18-19H2,2-3H3/b20-16+,32-15?. The van der Waals surface area contributed by atoms with Crippen molar-refractivity contribution in [1.82, 2.24) is 25.1 Å². The fourth-order valence-electron chi connectivity index (χ4n) is 5.22. The zero-order valence-electron chi connectivity index (χ0n) is 24.2. The number of piperidine rings is 1. The van der Waals surface area contributed by atoms with Gasteiger partial charge in [0.05, 0.1) is 50.2 Å². The third-order valence-corrected chi connectivity index (χ3v) is 7.68. The average Bonchev–Trinajstić information content (AvgIpc) is 3.02. The maximum absolute atomic E-state index is 12.9. The van der Waals surface area contributed by atoms with Crippen LogP contribution in [0.5, 0.6) is 11.5 Å². The molecule has 0 radical (unpaired) electrons. The average molecular weight is 586 g/mol. The Labute approximate surface area is 249 Å². The molecule has 0 aliphatic carbocycles. The molecule has 0 saturated carbocycles. The van der Waals surface area contributed by atoms with E-state index in [0.717, 1.165) is 16.9 Å². The number of amides is 2. The molecule has 43 heavy (non-hydrogen) atoms. The van der Waals surface area contributed by atoms with Gasteiger partial charge < -0.3 is 40.4 Å². The number of β-amino-alcohol motifs (C(OH)–C–C–N with tert-alkyl or cyclic N) is 1. The normalized spacial score (nSPS) is 16.7.